The van der Waals surface area contributed by atoms with Gasteiger partial charge < -0.3 is 0 Å². The van der Waals surface area contributed by atoms with Crippen molar-refractivity contribution in [2.24, 2.45) is 0 Å². The van der Waals surface area contributed by atoms with Gasteiger partial charge in [0.1, 0.15) is 10.8 Å². The number of nitrogens with zero attached hydrogens (tertiary/aromatic N) is 2. The number of carbonyl (C=O) groups excluding carboxylic acids is 2. The number of para-hydroxylation sites is 1. The second kappa shape index (κ2) is 7.56. The minimum atomic E-state index is -0.199. The maximum atomic E-state index is 13.2. The number of anilines is 3. The molecule has 4 nitrogen and oxygen atoms in total. The summed E-state index contributed by atoms with van der Waals surface area (Å²) in [6.07, 6.45) is 3.57. The van der Waals surface area contributed by atoms with Crippen LogP contribution >= 0.6 is 22.7 Å². The largest absolute Gasteiger partial charge is 0.288 e. The van der Waals surface area contributed by atoms with Gasteiger partial charge in [0.05, 0.1) is 11.3 Å². The number of ketones is 2. The monoisotopic (exact) mass is 504 g/mol. The van der Waals surface area contributed by atoms with E-state index in [1.807, 2.05) is 54.0 Å². The van der Waals surface area contributed by atoms with Gasteiger partial charge in [-0.2, -0.15) is 0 Å². The molecule has 4 heterocycles. The average molecular weight is 505 g/mol. The molecule has 7 rings (SSSR count). The number of pyridine rings is 1. The molecule has 0 unspecified atom stereocenters. The van der Waals surface area contributed by atoms with E-state index in [4.69, 9.17) is 4.98 Å². The first-order chi connectivity index (χ1) is 17.4. The second-order valence-corrected chi connectivity index (χ2v) is 11.6. The lowest BCUT2D eigenvalue weighted by atomic mass is 9.75. The van der Waals surface area contributed by atoms with Gasteiger partial charge in [-0.15, -0.1) is 22.7 Å². The number of rotatable bonds is 2. The van der Waals surface area contributed by atoms with Crippen molar-refractivity contribution in [1.29, 1.82) is 0 Å². The highest BCUT2D eigenvalue weighted by atomic mass is 32.1. The van der Waals surface area contributed by atoms with E-state index in [0.717, 1.165) is 37.0 Å². The van der Waals surface area contributed by atoms with Crippen molar-refractivity contribution in [3.05, 3.63) is 111 Å². The van der Waals surface area contributed by atoms with E-state index in [1.165, 1.54) is 5.56 Å². The second-order valence-electron chi connectivity index (χ2n) is 9.60. The first kappa shape index (κ1) is 21.4. The standard InChI is InChI=1S/C30H20N2O2S2/c1-30(2)22-6-3-4-8-24(22)32(29-23(30)7-5-12-31-29)26-10-9-18(36-26)15-21-27(33)19-14-17-11-13-35-25(17)16-20(19)28(21)34/h3-16H,1-2H3/b21-15+. The Balaban J connectivity index is 1.32. The van der Waals surface area contributed by atoms with Crippen molar-refractivity contribution in [3.8, 4) is 0 Å². The number of hydrogen-bond acceptors (Lipinski definition) is 6. The summed E-state index contributed by atoms with van der Waals surface area (Å²) in [7, 11) is 0. The van der Waals surface area contributed by atoms with Gasteiger partial charge in [-0.3, -0.25) is 14.5 Å². The molecule has 174 valence electrons. The van der Waals surface area contributed by atoms with Crippen LogP contribution in [0.15, 0.2) is 83.9 Å². The summed E-state index contributed by atoms with van der Waals surface area (Å²) in [6, 6.07) is 22.2. The number of thiophene rings is 2. The lowest BCUT2D eigenvalue weighted by Crippen LogP contribution is -2.30. The predicted octanol–water partition coefficient (Wildman–Crippen LogP) is 7.93. The molecule has 0 fully saturated rings. The van der Waals surface area contributed by atoms with Crippen LogP contribution in [0, 0.1) is 0 Å². The topological polar surface area (TPSA) is 50.3 Å². The van der Waals surface area contributed by atoms with Crippen LogP contribution < -0.4 is 4.90 Å². The van der Waals surface area contributed by atoms with E-state index in [1.54, 1.807) is 28.7 Å². The van der Waals surface area contributed by atoms with Crippen molar-refractivity contribution >= 4 is 66.9 Å². The smallest absolute Gasteiger partial charge is 0.197 e. The predicted molar refractivity (Wildman–Crippen MR) is 147 cm³/mol. The molecule has 6 heteroatoms. The van der Waals surface area contributed by atoms with Crippen molar-refractivity contribution in [3.63, 3.8) is 0 Å². The van der Waals surface area contributed by atoms with Crippen LogP contribution in [0.2, 0.25) is 0 Å². The zero-order valence-corrected chi connectivity index (χ0v) is 21.2. The molecule has 36 heavy (non-hydrogen) atoms. The van der Waals surface area contributed by atoms with Gasteiger partial charge in [0.2, 0.25) is 0 Å². The van der Waals surface area contributed by atoms with Crippen LogP contribution in [0.3, 0.4) is 0 Å². The summed E-state index contributed by atoms with van der Waals surface area (Å²) >= 11 is 3.13. The molecular weight excluding hydrogens is 484 g/mol. The van der Waals surface area contributed by atoms with Gasteiger partial charge >= 0.3 is 0 Å². The maximum absolute atomic E-state index is 13.2. The molecule has 0 N–H and O–H groups in total. The lowest BCUT2D eigenvalue weighted by Gasteiger charge is -2.40. The minimum absolute atomic E-state index is 0.180. The summed E-state index contributed by atoms with van der Waals surface area (Å²) in [6.45, 7) is 4.46. The van der Waals surface area contributed by atoms with E-state index in [9.17, 15) is 9.59 Å². The number of Topliss-reactive ketones (excluding diaryl/α,β-unsaturated/α-hetero) is 2. The number of carbonyl (C=O) groups is 2. The fraction of sp³-hybridized carbons (Fsp3) is 0.100. The van der Waals surface area contributed by atoms with Crippen LogP contribution in [0.4, 0.5) is 16.5 Å². The zero-order chi connectivity index (χ0) is 24.6. The molecular formula is C30H20N2O2S2. The number of fused-ring (bicyclic) bond motifs is 4. The molecule has 0 bridgehead atoms. The van der Waals surface area contributed by atoms with Crippen molar-refractivity contribution in [2.75, 3.05) is 4.90 Å². The van der Waals surface area contributed by atoms with E-state index in [0.29, 0.717) is 11.1 Å². The molecule has 2 aromatic carbocycles. The third kappa shape index (κ3) is 2.95. The molecule has 2 aliphatic rings. The summed E-state index contributed by atoms with van der Waals surface area (Å²) < 4.78 is 1.02. The molecule has 3 aromatic heterocycles. The van der Waals surface area contributed by atoms with Crippen molar-refractivity contribution in [1.82, 2.24) is 4.98 Å². The molecule has 5 aromatic rings. The van der Waals surface area contributed by atoms with E-state index < -0.39 is 0 Å². The number of allylic oxidation sites excluding steroid dienone is 1. The van der Waals surface area contributed by atoms with Gasteiger partial charge in [0.25, 0.3) is 0 Å². The van der Waals surface area contributed by atoms with Gasteiger partial charge in [-0.05, 0) is 64.9 Å². The first-order valence-corrected chi connectivity index (χ1v) is 13.4. The Morgan fingerprint density at radius 3 is 2.53 bits per heavy atom. The molecule has 0 spiro atoms. The molecule has 0 radical (unpaired) electrons. The van der Waals surface area contributed by atoms with Crippen LogP contribution in [0.25, 0.3) is 16.2 Å². The third-order valence-electron chi connectivity index (χ3n) is 7.18. The Kier molecular flexibility index (Phi) is 4.50. The Morgan fingerprint density at radius 2 is 1.67 bits per heavy atom. The van der Waals surface area contributed by atoms with Gasteiger partial charge in [-0.1, -0.05) is 38.1 Å². The Bertz CT molecular complexity index is 1670. The summed E-state index contributed by atoms with van der Waals surface area (Å²) in [5, 5.41) is 3.96. The highest BCUT2D eigenvalue weighted by Crippen LogP contribution is 2.52. The van der Waals surface area contributed by atoms with E-state index >= 15 is 0 Å². The summed E-state index contributed by atoms with van der Waals surface area (Å²) in [4.78, 5) is 34.2. The molecule has 1 aliphatic heterocycles. The minimum Gasteiger partial charge on any atom is -0.288 e. The molecule has 0 saturated heterocycles. The van der Waals surface area contributed by atoms with Crippen LogP contribution in [0.5, 0.6) is 0 Å². The van der Waals surface area contributed by atoms with Gasteiger partial charge in [0.15, 0.2) is 11.6 Å². The van der Waals surface area contributed by atoms with Crippen molar-refractivity contribution in [2.45, 2.75) is 19.3 Å². The Labute approximate surface area is 216 Å². The third-order valence-corrected chi connectivity index (χ3v) is 9.08. The van der Waals surface area contributed by atoms with E-state index in [-0.39, 0.29) is 22.6 Å². The number of hydrogen-bond donors (Lipinski definition) is 0. The highest BCUT2D eigenvalue weighted by Gasteiger charge is 2.38. The van der Waals surface area contributed by atoms with Gasteiger partial charge in [0, 0.05) is 37.9 Å². The lowest BCUT2D eigenvalue weighted by molar-refractivity contribution is 0.0990. The maximum Gasteiger partial charge on any atom is 0.197 e. The summed E-state index contributed by atoms with van der Waals surface area (Å²) in [5.41, 5.74) is 4.54. The molecule has 1 aliphatic carbocycles. The zero-order valence-electron chi connectivity index (χ0n) is 19.6. The number of aromatic nitrogens is 1. The van der Waals surface area contributed by atoms with Crippen molar-refractivity contribution < 1.29 is 9.59 Å². The van der Waals surface area contributed by atoms with Crippen LogP contribution in [-0.4, -0.2) is 16.6 Å². The SMILES string of the molecule is CC1(C)c2ccccc2N(c2ccc(/C=C3\C(=O)c4cc5ccsc5cc4C3=O)s2)c2ncccc21. The average Bonchev–Trinajstić information content (AvgIpc) is 3.59. The van der Waals surface area contributed by atoms with Crippen LogP contribution in [0.1, 0.15) is 50.6 Å². The summed E-state index contributed by atoms with van der Waals surface area (Å²) in [5.74, 6) is 0.509. The Hall–Kier alpha value is -3.87. The van der Waals surface area contributed by atoms with Gasteiger partial charge in [-0.25, -0.2) is 4.98 Å². The quantitative estimate of drug-likeness (QED) is 0.181. The molecule has 0 atom stereocenters. The number of benzene rings is 2. The normalized spacial score (nSPS) is 16.9. The fourth-order valence-corrected chi connectivity index (χ4v) is 7.11. The molecule has 0 amide bonds. The highest BCUT2D eigenvalue weighted by molar-refractivity contribution is 7.17. The first-order valence-electron chi connectivity index (χ1n) is 11.7. The Morgan fingerprint density at radius 1 is 0.889 bits per heavy atom. The van der Waals surface area contributed by atoms with E-state index in [2.05, 4.69) is 43.0 Å². The molecule has 0 saturated carbocycles. The van der Waals surface area contributed by atoms with Crippen LogP contribution in [-0.2, 0) is 5.41 Å². The fourth-order valence-electron chi connectivity index (χ4n) is 5.33.